The Balaban J connectivity index is 2.12. The van der Waals surface area contributed by atoms with E-state index < -0.39 is 14.6 Å². The van der Waals surface area contributed by atoms with Gasteiger partial charge in [0.05, 0.1) is 23.4 Å². The van der Waals surface area contributed by atoms with Crippen molar-refractivity contribution >= 4 is 9.84 Å². The quantitative estimate of drug-likeness (QED) is 0.627. The maximum absolute atomic E-state index is 13.1. The average molecular weight is 360 g/mol. The minimum atomic E-state index is -3.50. The molecule has 0 amide bonds. The van der Waals surface area contributed by atoms with E-state index in [0.29, 0.717) is 30.1 Å². The molecule has 0 heterocycles. The number of methoxy groups -OCH3 is 1. The molecule has 4 nitrogen and oxygen atoms in total. The third-order valence-corrected chi connectivity index (χ3v) is 6.80. The van der Waals surface area contributed by atoms with Gasteiger partial charge in [0.2, 0.25) is 0 Å². The van der Waals surface area contributed by atoms with Crippen LogP contribution in [0.15, 0.2) is 72.1 Å². The first-order valence-corrected chi connectivity index (χ1v) is 9.59. The zero-order chi connectivity index (χ0) is 18.3. The monoisotopic (exact) mass is 360 g/mol. The molecule has 0 saturated heterocycles. The van der Waals surface area contributed by atoms with Crippen LogP contribution in [-0.2, 0) is 9.84 Å². The van der Waals surface area contributed by atoms with Crippen LogP contribution in [-0.4, -0.2) is 26.9 Å². The molecule has 1 atom stereocenters. The zero-order valence-electron chi connectivity index (χ0n) is 14.6. The first-order valence-electron chi connectivity index (χ1n) is 8.10. The summed E-state index contributed by atoms with van der Waals surface area (Å²) in [4.78, 5) is 0.323. The van der Waals surface area contributed by atoms with Gasteiger partial charge in [-0.3, -0.25) is 0 Å². The smallest absolute Gasteiger partial charge is 0.184 e. The first kappa shape index (κ1) is 19.1. The highest BCUT2D eigenvalue weighted by Crippen LogP contribution is 2.32. The van der Waals surface area contributed by atoms with Crippen LogP contribution < -0.4 is 9.47 Å². The molecule has 0 spiro atoms. The molecule has 0 bridgehead atoms. The molecule has 134 valence electrons. The number of allylic oxidation sites excluding steroid dienone is 1. The molecule has 2 aromatic rings. The standard InChI is InChI=1S/C20H24O4S/c1-4-14-20(2,25(21,22)19-8-6-5-7-9-19)15-16-24-18-12-10-17(23-3)11-13-18/h4-13H,1,14-16H2,2-3H3/t20-/m0/s1. The second kappa shape index (κ2) is 8.21. The summed E-state index contributed by atoms with van der Waals surface area (Å²) in [5.74, 6) is 1.43. The lowest BCUT2D eigenvalue weighted by molar-refractivity contribution is 0.289. The number of hydrogen-bond donors (Lipinski definition) is 0. The topological polar surface area (TPSA) is 52.6 Å². The van der Waals surface area contributed by atoms with E-state index in [0.717, 1.165) is 5.75 Å². The van der Waals surface area contributed by atoms with E-state index in [2.05, 4.69) is 6.58 Å². The Morgan fingerprint density at radius 1 is 1.04 bits per heavy atom. The summed E-state index contributed by atoms with van der Waals surface area (Å²) < 4.78 is 36.0. The average Bonchev–Trinajstić information content (AvgIpc) is 2.63. The molecular formula is C20H24O4S. The Morgan fingerprint density at radius 2 is 1.64 bits per heavy atom. The molecule has 0 aliphatic rings. The number of benzene rings is 2. The van der Waals surface area contributed by atoms with E-state index in [1.165, 1.54) is 0 Å². The van der Waals surface area contributed by atoms with Crippen LogP contribution in [0.2, 0.25) is 0 Å². The van der Waals surface area contributed by atoms with Gasteiger partial charge in [0, 0.05) is 6.42 Å². The highest BCUT2D eigenvalue weighted by atomic mass is 32.2. The van der Waals surface area contributed by atoms with Crippen LogP contribution in [0.5, 0.6) is 11.5 Å². The van der Waals surface area contributed by atoms with Gasteiger partial charge in [-0.1, -0.05) is 24.3 Å². The van der Waals surface area contributed by atoms with Crippen molar-refractivity contribution in [2.24, 2.45) is 0 Å². The van der Waals surface area contributed by atoms with Gasteiger partial charge in [0.25, 0.3) is 0 Å². The third-order valence-electron chi connectivity index (χ3n) is 4.24. The van der Waals surface area contributed by atoms with Crippen molar-refractivity contribution < 1.29 is 17.9 Å². The summed E-state index contributed by atoms with van der Waals surface area (Å²) in [5, 5.41) is 0. The van der Waals surface area contributed by atoms with Crippen molar-refractivity contribution in [3.8, 4) is 11.5 Å². The molecule has 0 unspecified atom stereocenters. The number of ether oxygens (including phenoxy) is 2. The minimum Gasteiger partial charge on any atom is -0.497 e. The van der Waals surface area contributed by atoms with Gasteiger partial charge in [-0.2, -0.15) is 0 Å². The number of rotatable bonds is 9. The van der Waals surface area contributed by atoms with Crippen LogP contribution in [0, 0.1) is 0 Å². The largest absolute Gasteiger partial charge is 0.497 e. The van der Waals surface area contributed by atoms with E-state index in [4.69, 9.17) is 9.47 Å². The van der Waals surface area contributed by atoms with Crippen molar-refractivity contribution in [2.75, 3.05) is 13.7 Å². The zero-order valence-corrected chi connectivity index (χ0v) is 15.5. The van der Waals surface area contributed by atoms with Crippen molar-refractivity contribution in [1.82, 2.24) is 0 Å². The Labute approximate surface area is 150 Å². The molecule has 2 aromatic carbocycles. The van der Waals surface area contributed by atoms with Gasteiger partial charge in [-0.15, -0.1) is 6.58 Å². The molecule has 0 saturated carbocycles. The van der Waals surface area contributed by atoms with E-state index in [9.17, 15) is 8.42 Å². The number of hydrogen-bond acceptors (Lipinski definition) is 4. The lowest BCUT2D eigenvalue weighted by atomic mass is 10.0. The predicted molar refractivity (Wildman–Crippen MR) is 100.0 cm³/mol. The van der Waals surface area contributed by atoms with Gasteiger partial charge < -0.3 is 9.47 Å². The lowest BCUT2D eigenvalue weighted by Gasteiger charge is -2.28. The third kappa shape index (κ3) is 4.42. The second-order valence-corrected chi connectivity index (χ2v) is 8.50. The lowest BCUT2D eigenvalue weighted by Crippen LogP contribution is -2.36. The summed E-state index contributed by atoms with van der Waals surface area (Å²) in [6, 6.07) is 15.7. The minimum absolute atomic E-state index is 0.294. The first-order chi connectivity index (χ1) is 11.9. The van der Waals surface area contributed by atoms with Crippen LogP contribution in [0.25, 0.3) is 0 Å². The molecule has 25 heavy (non-hydrogen) atoms. The van der Waals surface area contributed by atoms with Gasteiger partial charge in [0.15, 0.2) is 9.84 Å². The Hall–Kier alpha value is -2.27. The van der Waals surface area contributed by atoms with Crippen LogP contribution in [0.4, 0.5) is 0 Å². The maximum atomic E-state index is 13.1. The summed E-state index contributed by atoms with van der Waals surface area (Å²) in [6.07, 6.45) is 2.37. The predicted octanol–water partition coefficient (Wildman–Crippen LogP) is 4.27. The van der Waals surface area contributed by atoms with Crippen molar-refractivity contribution in [2.45, 2.75) is 29.4 Å². The molecule has 0 aromatic heterocycles. The second-order valence-electron chi connectivity index (χ2n) is 6.03. The van der Waals surface area contributed by atoms with E-state index in [1.54, 1.807) is 74.7 Å². The summed E-state index contributed by atoms with van der Waals surface area (Å²) >= 11 is 0. The fraction of sp³-hybridized carbons (Fsp3) is 0.300. The van der Waals surface area contributed by atoms with Crippen molar-refractivity contribution in [3.63, 3.8) is 0 Å². The molecule has 0 aliphatic carbocycles. The van der Waals surface area contributed by atoms with E-state index in [1.807, 2.05) is 0 Å². The maximum Gasteiger partial charge on any atom is 0.184 e. The van der Waals surface area contributed by atoms with E-state index >= 15 is 0 Å². The normalized spacial score (nSPS) is 13.7. The Morgan fingerprint density at radius 3 is 2.20 bits per heavy atom. The van der Waals surface area contributed by atoms with E-state index in [-0.39, 0.29) is 0 Å². The molecule has 0 aliphatic heterocycles. The molecule has 0 N–H and O–H groups in total. The highest BCUT2D eigenvalue weighted by Gasteiger charge is 2.39. The molecule has 5 heteroatoms. The Kier molecular flexibility index (Phi) is 6.26. The summed E-state index contributed by atoms with van der Waals surface area (Å²) in [5.41, 5.74) is 0. The number of sulfone groups is 1. The van der Waals surface area contributed by atoms with Crippen LogP contribution in [0.1, 0.15) is 19.8 Å². The fourth-order valence-electron chi connectivity index (χ4n) is 2.59. The SMILES string of the molecule is C=CC[C@@](C)(CCOc1ccc(OC)cc1)S(=O)(=O)c1ccccc1. The summed E-state index contributed by atoms with van der Waals surface area (Å²) in [7, 11) is -1.90. The highest BCUT2D eigenvalue weighted by molar-refractivity contribution is 7.92. The van der Waals surface area contributed by atoms with Crippen molar-refractivity contribution in [1.29, 1.82) is 0 Å². The van der Waals surface area contributed by atoms with Crippen molar-refractivity contribution in [3.05, 3.63) is 67.3 Å². The molecule has 2 rings (SSSR count). The van der Waals surface area contributed by atoms with Gasteiger partial charge in [-0.25, -0.2) is 8.42 Å². The molecule has 0 fully saturated rings. The Bertz CT molecular complexity index is 782. The van der Waals surface area contributed by atoms with Crippen LogP contribution >= 0.6 is 0 Å². The van der Waals surface area contributed by atoms with Gasteiger partial charge in [0.1, 0.15) is 11.5 Å². The van der Waals surface area contributed by atoms with Gasteiger partial charge in [-0.05, 0) is 49.7 Å². The molecular weight excluding hydrogens is 336 g/mol. The molecule has 0 radical (unpaired) electrons. The fourth-order valence-corrected chi connectivity index (χ4v) is 4.37. The van der Waals surface area contributed by atoms with Gasteiger partial charge >= 0.3 is 0 Å². The van der Waals surface area contributed by atoms with Crippen LogP contribution in [0.3, 0.4) is 0 Å². The summed E-state index contributed by atoms with van der Waals surface area (Å²) in [6.45, 7) is 5.76.